The van der Waals surface area contributed by atoms with Gasteiger partial charge in [0, 0.05) is 0 Å². The SMILES string of the molecule is CCCCOC(=O)CC1(C#N)CCCCC1. The maximum atomic E-state index is 11.6. The van der Waals surface area contributed by atoms with Crippen LogP contribution in [0.5, 0.6) is 0 Å². The second-order valence-corrected chi connectivity index (χ2v) is 4.70. The molecule has 1 fully saturated rings. The Bertz CT molecular complexity index is 262. The van der Waals surface area contributed by atoms with Gasteiger partial charge in [-0.1, -0.05) is 32.6 Å². The van der Waals surface area contributed by atoms with Crippen molar-refractivity contribution in [3.05, 3.63) is 0 Å². The van der Waals surface area contributed by atoms with Gasteiger partial charge in [0.05, 0.1) is 24.5 Å². The molecule has 1 rings (SSSR count). The van der Waals surface area contributed by atoms with Crippen LogP contribution in [-0.2, 0) is 9.53 Å². The Balaban J connectivity index is 2.37. The number of ether oxygens (including phenoxy) is 1. The molecule has 0 spiro atoms. The molecule has 0 unspecified atom stereocenters. The van der Waals surface area contributed by atoms with Crippen molar-refractivity contribution in [3.8, 4) is 6.07 Å². The Kier molecular flexibility index (Phi) is 5.31. The van der Waals surface area contributed by atoms with E-state index in [0.717, 1.165) is 38.5 Å². The molecule has 0 atom stereocenters. The molecule has 1 aliphatic carbocycles. The van der Waals surface area contributed by atoms with Gasteiger partial charge in [0.2, 0.25) is 0 Å². The van der Waals surface area contributed by atoms with Gasteiger partial charge >= 0.3 is 5.97 Å². The van der Waals surface area contributed by atoms with E-state index in [4.69, 9.17) is 4.74 Å². The molecule has 1 saturated carbocycles. The maximum absolute atomic E-state index is 11.6. The molecular weight excluding hydrogens is 202 g/mol. The Morgan fingerprint density at radius 1 is 1.38 bits per heavy atom. The van der Waals surface area contributed by atoms with Crippen LogP contribution in [0.25, 0.3) is 0 Å². The average Bonchev–Trinajstić information content (AvgIpc) is 2.30. The minimum Gasteiger partial charge on any atom is -0.466 e. The zero-order chi connectivity index (χ0) is 11.9. The van der Waals surface area contributed by atoms with Crippen LogP contribution < -0.4 is 0 Å². The molecule has 0 radical (unpaired) electrons. The predicted molar refractivity (Wildman–Crippen MR) is 61.6 cm³/mol. The first-order valence-electron chi connectivity index (χ1n) is 6.29. The van der Waals surface area contributed by atoms with Crippen molar-refractivity contribution in [2.75, 3.05) is 6.61 Å². The molecule has 1 aliphatic rings. The van der Waals surface area contributed by atoms with Crippen molar-refractivity contribution < 1.29 is 9.53 Å². The third-order valence-electron chi connectivity index (χ3n) is 3.29. The van der Waals surface area contributed by atoms with Gasteiger partial charge in [-0.2, -0.15) is 5.26 Å². The van der Waals surface area contributed by atoms with Crippen molar-refractivity contribution in [1.82, 2.24) is 0 Å². The van der Waals surface area contributed by atoms with E-state index in [1.54, 1.807) is 0 Å². The molecule has 90 valence electrons. The largest absolute Gasteiger partial charge is 0.466 e. The summed E-state index contributed by atoms with van der Waals surface area (Å²) in [5, 5.41) is 9.20. The Hall–Kier alpha value is -1.04. The first-order valence-corrected chi connectivity index (χ1v) is 6.29. The van der Waals surface area contributed by atoms with E-state index in [0.29, 0.717) is 6.61 Å². The van der Waals surface area contributed by atoms with Gasteiger partial charge in [0.1, 0.15) is 0 Å². The normalized spacial score (nSPS) is 18.8. The maximum Gasteiger partial charge on any atom is 0.307 e. The van der Waals surface area contributed by atoms with E-state index in [1.165, 1.54) is 6.42 Å². The highest BCUT2D eigenvalue weighted by molar-refractivity contribution is 5.70. The van der Waals surface area contributed by atoms with Crippen molar-refractivity contribution >= 4 is 5.97 Å². The molecular formula is C13H21NO2. The molecule has 0 aliphatic heterocycles. The fraction of sp³-hybridized carbons (Fsp3) is 0.846. The average molecular weight is 223 g/mol. The highest BCUT2D eigenvalue weighted by Gasteiger charge is 2.34. The van der Waals surface area contributed by atoms with Crippen molar-refractivity contribution in [3.63, 3.8) is 0 Å². The summed E-state index contributed by atoms with van der Waals surface area (Å²) in [7, 11) is 0. The number of esters is 1. The molecule has 16 heavy (non-hydrogen) atoms. The van der Waals surface area contributed by atoms with Crippen molar-refractivity contribution in [1.29, 1.82) is 5.26 Å². The molecule has 0 amide bonds. The lowest BCUT2D eigenvalue weighted by Crippen LogP contribution is -2.26. The van der Waals surface area contributed by atoms with E-state index in [-0.39, 0.29) is 12.4 Å². The number of rotatable bonds is 5. The van der Waals surface area contributed by atoms with Crippen LogP contribution in [0.3, 0.4) is 0 Å². The number of hydrogen-bond acceptors (Lipinski definition) is 3. The van der Waals surface area contributed by atoms with Gasteiger partial charge in [-0.05, 0) is 19.3 Å². The molecule has 0 heterocycles. The van der Waals surface area contributed by atoms with E-state index >= 15 is 0 Å². The van der Waals surface area contributed by atoms with Crippen LogP contribution in [0.4, 0.5) is 0 Å². The summed E-state index contributed by atoms with van der Waals surface area (Å²) in [6, 6.07) is 2.34. The van der Waals surface area contributed by atoms with Gasteiger partial charge in [0.25, 0.3) is 0 Å². The molecule has 0 bridgehead atoms. The summed E-state index contributed by atoms with van der Waals surface area (Å²) >= 11 is 0. The topological polar surface area (TPSA) is 50.1 Å². The third-order valence-corrected chi connectivity index (χ3v) is 3.29. The number of carbonyl (C=O) groups excluding carboxylic acids is 1. The predicted octanol–water partition coefficient (Wildman–Crippen LogP) is 3.19. The van der Waals surface area contributed by atoms with Crippen molar-refractivity contribution in [2.24, 2.45) is 5.41 Å². The zero-order valence-corrected chi connectivity index (χ0v) is 10.1. The first kappa shape index (κ1) is 13.0. The molecule has 0 N–H and O–H groups in total. The lowest BCUT2D eigenvalue weighted by molar-refractivity contribution is -0.146. The number of nitriles is 1. The van der Waals surface area contributed by atoms with Gasteiger partial charge in [0.15, 0.2) is 0 Å². The van der Waals surface area contributed by atoms with Crippen LogP contribution in [0.2, 0.25) is 0 Å². The van der Waals surface area contributed by atoms with E-state index in [9.17, 15) is 10.1 Å². The molecule has 0 aromatic heterocycles. The van der Waals surface area contributed by atoms with Gasteiger partial charge in [-0.15, -0.1) is 0 Å². The summed E-state index contributed by atoms with van der Waals surface area (Å²) in [5.41, 5.74) is -0.429. The molecule has 0 aromatic carbocycles. The number of unbranched alkanes of at least 4 members (excludes halogenated alkanes) is 1. The second kappa shape index (κ2) is 6.52. The molecule has 3 nitrogen and oxygen atoms in total. The molecule has 3 heteroatoms. The zero-order valence-electron chi connectivity index (χ0n) is 10.1. The van der Waals surface area contributed by atoms with Crippen LogP contribution in [0.1, 0.15) is 58.3 Å². The summed E-state index contributed by atoms with van der Waals surface area (Å²) in [5.74, 6) is -0.197. The van der Waals surface area contributed by atoms with Gasteiger partial charge in [-0.25, -0.2) is 0 Å². The van der Waals surface area contributed by atoms with Crippen LogP contribution in [-0.4, -0.2) is 12.6 Å². The Morgan fingerprint density at radius 3 is 2.62 bits per heavy atom. The highest BCUT2D eigenvalue weighted by Crippen LogP contribution is 2.38. The number of hydrogen-bond donors (Lipinski definition) is 0. The summed E-state index contributed by atoms with van der Waals surface area (Å²) in [4.78, 5) is 11.6. The van der Waals surface area contributed by atoms with E-state index < -0.39 is 5.41 Å². The summed E-state index contributed by atoms with van der Waals surface area (Å²) < 4.78 is 5.12. The Labute approximate surface area is 97.8 Å². The minimum absolute atomic E-state index is 0.197. The van der Waals surface area contributed by atoms with E-state index in [2.05, 4.69) is 13.0 Å². The fourth-order valence-electron chi connectivity index (χ4n) is 2.21. The smallest absolute Gasteiger partial charge is 0.307 e. The quantitative estimate of drug-likeness (QED) is 0.531. The molecule has 0 saturated heterocycles. The third kappa shape index (κ3) is 3.84. The van der Waals surface area contributed by atoms with Crippen LogP contribution >= 0.6 is 0 Å². The standard InChI is InChI=1S/C13H21NO2/c1-2-3-9-16-12(15)10-13(11-14)7-5-4-6-8-13/h2-10H2,1H3. The van der Waals surface area contributed by atoms with Crippen molar-refractivity contribution in [2.45, 2.75) is 58.3 Å². The number of nitrogens with zero attached hydrogens (tertiary/aromatic N) is 1. The number of carbonyl (C=O) groups is 1. The first-order chi connectivity index (χ1) is 7.72. The fourth-order valence-corrected chi connectivity index (χ4v) is 2.21. The van der Waals surface area contributed by atoms with Gasteiger partial charge in [-0.3, -0.25) is 4.79 Å². The molecule has 0 aromatic rings. The van der Waals surface area contributed by atoms with Crippen LogP contribution in [0, 0.1) is 16.7 Å². The monoisotopic (exact) mass is 223 g/mol. The lowest BCUT2D eigenvalue weighted by atomic mass is 9.73. The van der Waals surface area contributed by atoms with Gasteiger partial charge < -0.3 is 4.74 Å². The van der Waals surface area contributed by atoms with E-state index in [1.807, 2.05) is 0 Å². The Morgan fingerprint density at radius 2 is 2.06 bits per heavy atom. The summed E-state index contributed by atoms with van der Waals surface area (Å²) in [6.45, 7) is 2.56. The highest BCUT2D eigenvalue weighted by atomic mass is 16.5. The van der Waals surface area contributed by atoms with Crippen LogP contribution in [0.15, 0.2) is 0 Å². The second-order valence-electron chi connectivity index (χ2n) is 4.70. The minimum atomic E-state index is -0.429. The summed E-state index contributed by atoms with van der Waals surface area (Å²) in [6.07, 6.45) is 7.24. The lowest BCUT2D eigenvalue weighted by Gasteiger charge is -2.29.